The standard InChI is InChI=1S/C12H19ClN4S/c1-9(2)16-4-6-17(7-5-16)11-8-10(13)14-12(15-11)18-3/h8-9H,4-7H2,1-3H3. The first-order valence-corrected chi connectivity index (χ1v) is 7.78. The number of halogens is 1. The number of nitrogens with zero attached hydrogens (tertiary/aromatic N) is 4. The van der Waals surface area contributed by atoms with E-state index in [1.165, 1.54) is 11.8 Å². The molecule has 0 aromatic carbocycles. The van der Waals surface area contributed by atoms with Gasteiger partial charge in [-0.2, -0.15) is 0 Å². The van der Waals surface area contributed by atoms with Crippen molar-refractivity contribution in [2.75, 3.05) is 37.3 Å². The smallest absolute Gasteiger partial charge is 0.190 e. The number of rotatable bonds is 3. The van der Waals surface area contributed by atoms with Crippen molar-refractivity contribution in [3.63, 3.8) is 0 Å². The van der Waals surface area contributed by atoms with Gasteiger partial charge in [-0.3, -0.25) is 4.90 Å². The average molecular weight is 287 g/mol. The van der Waals surface area contributed by atoms with Gasteiger partial charge in [0.1, 0.15) is 11.0 Å². The molecule has 0 spiro atoms. The van der Waals surface area contributed by atoms with Crippen LogP contribution in [0, 0.1) is 0 Å². The molecule has 6 heteroatoms. The van der Waals surface area contributed by atoms with Crippen molar-refractivity contribution in [3.05, 3.63) is 11.2 Å². The van der Waals surface area contributed by atoms with E-state index in [1.807, 2.05) is 12.3 Å². The van der Waals surface area contributed by atoms with E-state index in [2.05, 4.69) is 33.6 Å². The summed E-state index contributed by atoms with van der Waals surface area (Å²) in [6.07, 6.45) is 1.96. The molecular formula is C12H19ClN4S. The van der Waals surface area contributed by atoms with Crippen LogP contribution in [0.25, 0.3) is 0 Å². The van der Waals surface area contributed by atoms with Gasteiger partial charge < -0.3 is 4.90 Å². The molecule has 0 amide bonds. The van der Waals surface area contributed by atoms with Gasteiger partial charge in [-0.25, -0.2) is 9.97 Å². The van der Waals surface area contributed by atoms with Gasteiger partial charge in [-0.15, -0.1) is 0 Å². The molecule has 1 aromatic heterocycles. The Kier molecular flexibility index (Phi) is 4.70. The molecule has 100 valence electrons. The molecule has 2 rings (SSSR count). The van der Waals surface area contributed by atoms with Crippen LogP contribution in [0.1, 0.15) is 13.8 Å². The molecule has 1 aliphatic heterocycles. The largest absolute Gasteiger partial charge is 0.354 e. The Morgan fingerprint density at radius 1 is 1.22 bits per heavy atom. The third-order valence-electron chi connectivity index (χ3n) is 3.21. The second-order valence-corrected chi connectivity index (χ2v) is 5.81. The highest BCUT2D eigenvalue weighted by Gasteiger charge is 2.20. The van der Waals surface area contributed by atoms with E-state index in [4.69, 9.17) is 11.6 Å². The zero-order valence-electron chi connectivity index (χ0n) is 11.1. The minimum Gasteiger partial charge on any atom is -0.354 e. The second kappa shape index (κ2) is 6.08. The topological polar surface area (TPSA) is 32.3 Å². The van der Waals surface area contributed by atoms with Gasteiger partial charge in [0, 0.05) is 38.3 Å². The molecule has 0 aliphatic carbocycles. The number of hydrogen-bond donors (Lipinski definition) is 0. The monoisotopic (exact) mass is 286 g/mol. The lowest BCUT2D eigenvalue weighted by Gasteiger charge is -2.37. The Morgan fingerprint density at radius 3 is 2.44 bits per heavy atom. The van der Waals surface area contributed by atoms with Crippen LogP contribution < -0.4 is 4.90 Å². The molecule has 0 atom stereocenters. The fraction of sp³-hybridized carbons (Fsp3) is 0.667. The lowest BCUT2D eigenvalue weighted by molar-refractivity contribution is 0.209. The normalized spacial score (nSPS) is 17.5. The van der Waals surface area contributed by atoms with Gasteiger partial charge in [0.15, 0.2) is 5.16 Å². The van der Waals surface area contributed by atoms with Gasteiger partial charge in [0.2, 0.25) is 0 Å². The Hall–Kier alpha value is -0.520. The summed E-state index contributed by atoms with van der Waals surface area (Å²) in [5.41, 5.74) is 0. The predicted octanol–water partition coefficient (Wildman–Crippen LogP) is 2.38. The molecule has 1 saturated heterocycles. The summed E-state index contributed by atoms with van der Waals surface area (Å²) in [5, 5.41) is 1.26. The molecule has 2 heterocycles. The summed E-state index contributed by atoms with van der Waals surface area (Å²) in [5.74, 6) is 0.947. The number of anilines is 1. The van der Waals surface area contributed by atoms with Crippen molar-refractivity contribution in [3.8, 4) is 0 Å². The zero-order chi connectivity index (χ0) is 13.1. The van der Waals surface area contributed by atoms with Gasteiger partial charge in [0.05, 0.1) is 0 Å². The van der Waals surface area contributed by atoms with Crippen molar-refractivity contribution in [2.45, 2.75) is 25.0 Å². The van der Waals surface area contributed by atoms with Gasteiger partial charge in [-0.05, 0) is 20.1 Å². The lowest BCUT2D eigenvalue weighted by atomic mass is 10.2. The van der Waals surface area contributed by atoms with E-state index in [1.54, 1.807) is 0 Å². The Morgan fingerprint density at radius 2 is 1.89 bits per heavy atom. The molecule has 1 fully saturated rings. The van der Waals surface area contributed by atoms with E-state index in [9.17, 15) is 0 Å². The molecular weight excluding hydrogens is 268 g/mol. The minimum atomic E-state index is 0.524. The summed E-state index contributed by atoms with van der Waals surface area (Å²) >= 11 is 7.55. The van der Waals surface area contributed by atoms with Crippen molar-refractivity contribution in [1.29, 1.82) is 0 Å². The van der Waals surface area contributed by atoms with E-state index in [0.717, 1.165) is 37.2 Å². The van der Waals surface area contributed by atoms with Crippen molar-refractivity contribution in [1.82, 2.24) is 14.9 Å². The first-order chi connectivity index (χ1) is 8.60. The highest BCUT2D eigenvalue weighted by atomic mass is 35.5. The number of hydrogen-bond acceptors (Lipinski definition) is 5. The van der Waals surface area contributed by atoms with Crippen LogP contribution in [0.5, 0.6) is 0 Å². The van der Waals surface area contributed by atoms with Crippen LogP contribution in [0.15, 0.2) is 11.2 Å². The average Bonchev–Trinajstić information content (AvgIpc) is 2.38. The fourth-order valence-electron chi connectivity index (χ4n) is 2.11. The predicted molar refractivity (Wildman–Crippen MR) is 77.7 cm³/mol. The Balaban J connectivity index is 2.07. The molecule has 4 nitrogen and oxygen atoms in total. The lowest BCUT2D eigenvalue weighted by Crippen LogP contribution is -2.49. The molecule has 1 aliphatic rings. The second-order valence-electron chi connectivity index (χ2n) is 4.65. The summed E-state index contributed by atoms with van der Waals surface area (Å²) in [7, 11) is 0. The fourth-order valence-corrected chi connectivity index (χ4v) is 2.71. The first-order valence-electron chi connectivity index (χ1n) is 6.17. The molecule has 1 aromatic rings. The summed E-state index contributed by atoms with van der Waals surface area (Å²) in [4.78, 5) is 13.5. The minimum absolute atomic E-state index is 0.524. The first kappa shape index (κ1) is 13.9. The quantitative estimate of drug-likeness (QED) is 0.484. The molecule has 18 heavy (non-hydrogen) atoms. The number of thioether (sulfide) groups is 1. The van der Waals surface area contributed by atoms with Crippen LogP contribution in [-0.4, -0.2) is 53.3 Å². The van der Waals surface area contributed by atoms with E-state index in [0.29, 0.717) is 11.2 Å². The van der Waals surface area contributed by atoms with Crippen LogP contribution in [0.3, 0.4) is 0 Å². The number of piperazine rings is 1. The van der Waals surface area contributed by atoms with Gasteiger partial charge in [0.25, 0.3) is 0 Å². The summed E-state index contributed by atoms with van der Waals surface area (Å²) < 4.78 is 0. The highest BCUT2D eigenvalue weighted by molar-refractivity contribution is 7.98. The van der Waals surface area contributed by atoms with Gasteiger partial charge >= 0.3 is 0 Å². The highest BCUT2D eigenvalue weighted by Crippen LogP contribution is 2.21. The number of aromatic nitrogens is 2. The maximum absolute atomic E-state index is 6.03. The Labute approximate surface area is 118 Å². The molecule has 0 saturated carbocycles. The molecule has 0 unspecified atom stereocenters. The van der Waals surface area contributed by atoms with Crippen LogP contribution in [0.2, 0.25) is 5.15 Å². The molecule has 0 bridgehead atoms. The van der Waals surface area contributed by atoms with Gasteiger partial charge in [-0.1, -0.05) is 23.4 Å². The summed E-state index contributed by atoms with van der Waals surface area (Å²) in [6, 6.07) is 2.47. The summed E-state index contributed by atoms with van der Waals surface area (Å²) in [6.45, 7) is 8.63. The van der Waals surface area contributed by atoms with Crippen LogP contribution in [0.4, 0.5) is 5.82 Å². The maximum Gasteiger partial charge on any atom is 0.190 e. The van der Waals surface area contributed by atoms with E-state index >= 15 is 0 Å². The third-order valence-corrected chi connectivity index (χ3v) is 3.95. The van der Waals surface area contributed by atoms with Crippen LogP contribution >= 0.6 is 23.4 Å². The van der Waals surface area contributed by atoms with E-state index < -0.39 is 0 Å². The molecule has 0 N–H and O–H groups in total. The van der Waals surface area contributed by atoms with Crippen molar-refractivity contribution in [2.24, 2.45) is 0 Å². The Bertz CT molecular complexity index is 405. The van der Waals surface area contributed by atoms with Crippen molar-refractivity contribution >= 4 is 29.2 Å². The third kappa shape index (κ3) is 3.28. The van der Waals surface area contributed by atoms with Crippen LogP contribution in [-0.2, 0) is 0 Å². The molecule has 0 radical (unpaired) electrons. The maximum atomic E-state index is 6.03. The SMILES string of the molecule is CSc1nc(Cl)cc(N2CCN(C(C)C)CC2)n1. The van der Waals surface area contributed by atoms with E-state index in [-0.39, 0.29) is 0 Å². The van der Waals surface area contributed by atoms with Crippen molar-refractivity contribution < 1.29 is 0 Å². The zero-order valence-corrected chi connectivity index (χ0v) is 12.6.